The van der Waals surface area contributed by atoms with E-state index in [0.717, 1.165) is 19.1 Å². The van der Waals surface area contributed by atoms with Crippen molar-refractivity contribution in [2.45, 2.75) is 19.8 Å². The van der Waals surface area contributed by atoms with Crippen LogP contribution < -0.4 is 0 Å². The predicted octanol–water partition coefficient (Wildman–Crippen LogP) is 1.99. The minimum Gasteiger partial charge on any atom is -0.381 e. The van der Waals surface area contributed by atoms with Gasteiger partial charge in [0.25, 0.3) is 0 Å². The molecule has 1 heteroatoms. The van der Waals surface area contributed by atoms with Crippen LogP contribution in [-0.4, -0.2) is 13.2 Å². The van der Waals surface area contributed by atoms with Crippen molar-refractivity contribution in [3.63, 3.8) is 0 Å². The lowest BCUT2D eigenvalue weighted by Gasteiger charge is -2.18. The Balaban J connectivity index is 2.23. The maximum atomic E-state index is 5.21. The summed E-state index contributed by atoms with van der Waals surface area (Å²) >= 11 is 0. The maximum absolute atomic E-state index is 5.21. The molecule has 0 aromatic carbocycles. The Morgan fingerprint density at radius 1 is 1.33 bits per heavy atom. The van der Waals surface area contributed by atoms with E-state index in [2.05, 4.69) is 19.1 Å². The van der Waals surface area contributed by atoms with Crippen molar-refractivity contribution >= 4 is 0 Å². The SMILES string of the molecule is C/C=C/C1CCOCC1. The number of hydrogen-bond acceptors (Lipinski definition) is 1. The quantitative estimate of drug-likeness (QED) is 0.488. The maximum Gasteiger partial charge on any atom is 0.0471 e. The third kappa shape index (κ3) is 2.19. The van der Waals surface area contributed by atoms with Crippen molar-refractivity contribution in [2.24, 2.45) is 5.92 Å². The third-order valence-corrected chi connectivity index (χ3v) is 1.73. The van der Waals surface area contributed by atoms with Crippen LogP contribution in [0.2, 0.25) is 0 Å². The molecule has 0 aromatic heterocycles. The molecule has 0 atom stereocenters. The molecule has 1 saturated heterocycles. The van der Waals surface area contributed by atoms with Gasteiger partial charge in [-0.2, -0.15) is 0 Å². The number of hydrogen-bond donors (Lipinski definition) is 0. The van der Waals surface area contributed by atoms with Gasteiger partial charge < -0.3 is 4.74 Å². The molecule has 0 radical (unpaired) electrons. The van der Waals surface area contributed by atoms with Crippen LogP contribution in [0.1, 0.15) is 19.8 Å². The third-order valence-electron chi connectivity index (χ3n) is 1.73. The largest absolute Gasteiger partial charge is 0.381 e. The molecule has 0 unspecified atom stereocenters. The van der Waals surface area contributed by atoms with Gasteiger partial charge in [-0.25, -0.2) is 0 Å². The highest BCUT2D eigenvalue weighted by Gasteiger charge is 2.08. The van der Waals surface area contributed by atoms with Gasteiger partial charge in [0.05, 0.1) is 0 Å². The first kappa shape index (κ1) is 6.81. The van der Waals surface area contributed by atoms with E-state index in [4.69, 9.17) is 4.74 Å². The first-order valence-electron chi connectivity index (χ1n) is 3.64. The van der Waals surface area contributed by atoms with E-state index in [9.17, 15) is 0 Å². The molecule has 1 heterocycles. The lowest BCUT2D eigenvalue weighted by atomic mass is 10.0. The highest BCUT2D eigenvalue weighted by molar-refractivity contribution is 4.86. The molecule has 0 aliphatic carbocycles. The Morgan fingerprint density at radius 2 is 2.00 bits per heavy atom. The molecule has 0 aromatic rings. The standard InChI is InChI=1S/C8H14O/c1-2-3-8-4-6-9-7-5-8/h2-3,8H,4-7H2,1H3/b3-2+. The zero-order valence-electron chi connectivity index (χ0n) is 5.97. The van der Waals surface area contributed by atoms with Crippen molar-refractivity contribution in [3.05, 3.63) is 12.2 Å². The lowest BCUT2D eigenvalue weighted by Crippen LogP contribution is -2.13. The van der Waals surface area contributed by atoms with Crippen molar-refractivity contribution < 1.29 is 4.74 Å². The van der Waals surface area contributed by atoms with Gasteiger partial charge in [-0.1, -0.05) is 12.2 Å². The molecule has 1 aliphatic heterocycles. The number of ether oxygens (including phenoxy) is 1. The zero-order valence-corrected chi connectivity index (χ0v) is 5.97. The van der Waals surface area contributed by atoms with Crippen LogP contribution in [0.5, 0.6) is 0 Å². The molecule has 1 fully saturated rings. The number of allylic oxidation sites excluding steroid dienone is 2. The fourth-order valence-electron chi connectivity index (χ4n) is 1.18. The Kier molecular flexibility index (Phi) is 2.78. The minimum atomic E-state index is 0.795. The van der Waals surface area contributed by atoms with Gasteiger partial charge in [0.1, 0.15) is 0 Å². The van der Waals surface area contributed by atoms with Gasteiger partial charge in [-0.15, -0.1) is 0 Å². The lowest BCUT2D eigenvalue weighted by molar-refractivity contribution is 0.0785. The normalized spacial score (nSPS) is 23.2. The first-order chi connectivity index (χ1) is 4.43. The molecule has 0 N–H and O–H groups in total. The summed E-state index contributed by atoms with van der Waals surface area (Å²) in [7, 11) is 0. The first-order valence-corrected chi connectivity index (χ1v) is 3.64. The summed E-state index contributed by atoms with van der Waals surface area (Å²) in [5.74, 6) is 0.795. The average Bonchev–Trinajstić information content (AvgIpc) is 1.91. The molecule has 1 aliphatic rings. The van der Waals surface area contributed by atoms with Crippen LogP contribution in [0.4, 0.5) is 0 Å². The van der Waals surface area contributed by atoms with Crippen LogP contribution in [0, 0.1) is 5.92 Å². The summed E-state index contributed by atoms with van der Waals surface area (Å²) in [6.07, 6.45) is 6.84. The zero-order chi connectivity index (χ0) is 6.53. The molecule has 0 bridgehead atoms. The average molecular weight is 126 g/mol. The van der Waals surface area contributed by atoms with Gasteiger partial charge in [0.15, 0.2) is 0 Å². The van der Waals surface area contributed by atoms with Gasteiger partial charge in [-0.05, 0) is 25.7 Å². The smallest absolute Gasteiger partial charge is 0.0471 e. The summed E-state index contributed by atoms with van der Waals surface area (Å²) in [6, 6.07) is 0. The van der Waals surface area contributed by atoms with E-state index >= 15 is 0 Å². The van der Waals surface area contributed by atoms with E-state index < -0.39 is 0 Å². The second-order valence-corrected chi connectivity index (χ2v) is 2.48. The van der Waals surface area contributed by atoms with E-state index in [0.29, 0.717) is 0 Å². The van der Waals surface area contributed by atoms with Gasteiger partial charge in [-0.3, -0.25) is 0 Å². The van der Waals surface area contributed by atoms with Gasteiger partial charge >= 0.3 is 0 Å². The Bertz CT molecular complexity index is 90.7. The molecule has 0 spiro atoms. The Morgan fingerprint density at radius 3 is 2.56 bits per heavy atom. The molecule has 1 nitrogen and oxygen atoms in total. The molecular formula is C8H14O. The molecule has 9 heavy (non-hydrogen) atoms. The molecule has 1 rings (SSSR count). The van der Waals surface area contributed by atoms with Crippen molar-refractivity contribution in [1.82, 2.24) is 0 Å². The second-order valence-electron chi connectivity index (χ2n) is 2.48. The summed E-state index contributed by atoms with van der Waals surface area (Å²) in [5, 5.41) is 0. The highest BCUT2D eigenvalue weighted by atomic mass is 16.5. The highest BCUT2D eigenvalue weighted by Crippen LogP contribution is 2.15. The fraction of sp³-hybridized carbons (Fsp3) is 0.750. The monoisotopic (exact) mass is 126 g/mol. The van der Waals surface area contributed by atoms with Crippen LogP contribution in [0.3, 0.4) is 0 Å². The van der Waals surface area contributed by atoms with Crippen molar-refractivity contribution in [1.29, 1.82) is 0 Å². The summed E-state index contributed by atoms with van der Waals surface area (Å²) in [6.45, 7) is 3.99. The molecular weight excluding hydrogens is 112 g/mol. The van der Waals surface area contributed by atoms with Crippen molar-refractivity contribution in [2.75, 3.05) is 13.2 Å². The topological polar surface area (TPSA) is 9.23 Å². The fourth-order valence-corrected chi connectivity index (χ4v) is 1.18. The van der Waals surface area contributed by atoms with Crippen LogP contribution >= 0.6 is 0 Å². The van der Waals surface area contributed by atoms with E-state index in [1.165, 1.54) is 12.8 Å². The van der Waals surface area contributed by atoms with Crippen LogP contribution in [-0.2, 0) is 4.74 Å². The van der Waals surface area contributed by atoms with Gasteiger partial charge in [0.2, 0.25) is 0 Å². The molecule has 0 saturated carbocycles. The van der Waals surface area contributed by atoms with Crippen molar-refractivity contribution in [3.8, 4) is 0 Å². The predicted molar refractivity (Wildman–Crippen MR) is 38.4 cm³/mol. The Hall–Kier alpha value is -0.300. The summed E-state index contributed by atoms with van der Waals surface area (Å²) in [5.41, 5.74) is 0. The summed E-state index contributed by atoms with van der Waals surface area (Å²) in [4.78, 5) is 0. The van der Waals surface area contributed by atoms with Gasteiger partial charge in [0, 0.05) is 13.2 Å². The van der Waals surface area contributed by atoms with E-state index in [1.54, 1.807) is 0 Å². The summed E-state index contributed by atoms with van der Waals surface area (Å²) < 4.78 is 5.21. The van der Waals surface area contributed by atoms with Crippen LogP contribution in [0.15, 0.2) is 12.2 Å². The van der Waals surface area contributed by atoms with Crippen LogP contribution in [0.25, 0.3) is 0 Å². The van der Waals surface area contributed by atoms with E-state index in [-0.39, 0.29) is 0 Å². The minimum absolute atomic E-state index is 0.795. The second kappa shape index (κ2) is 3.67. The Labute approximate surface area is 56.7 Å². The van der Waals surface area contributed by atoms with E-state index in [1.807, 2.05) is 0 Å². The molecule has 52 valence electrons. The number of rotatable bonds is 1. The molecule has 0 amide bonds.